The Hall–Kier alpha value is -4.39. The average molecular weight is 424 g/mol. The number of nitrogens with one attached hydrogen (secondary N) is 2. The van der Waals surface area contributed by atoms with Crippen molar-refractivity contribution in [3.8, 4) is 11.4 Å². The number of amides is 2. The van der Waals surface area contributed by atoms with Crippen molar-refractivity contribution in [3.63, 3.8) is 0 Å². The van der Waals surface area contributed by atoms with Crippen LogP contribution < -0.4 is 15.4 Å². The Kier molecular flexibility index (Phi) is 5.13. The molecule has 2 N–H and O–H groups in total. The number of aromatic nitrogens is 2. The zero-order chi connectivity index (χ0) is 21.9. The number of hydrogen-bond acceptors (Lipinski definition) is 4. The number of nitrogens with zero attached hydrogens (tertiary/aromatic N) is 2. The minimum Gasteiger partial charge on any atom is -0.480 e. The van der Waals surface area contributed by atoms with E-state index in [4.69, 9.17) is 4.74 Å². The molecule has 1 atom stereocenters. The van der Waals surface area contributed by atoms with Gasteiger partial charge in [0.2, 0.25) is 0 Å². The number of carbonyl (C=O) groups excluding carboxylic acids is 2. The van der Waals surface area contributed by atoms with Gasteiger partial charge < -0.3 is 15.4 Å². The van der Waals surface area contributed by atoms with E-state index in [0.29, 0.717) is 23.5 Å². The summed E-state index contributed by atoms with van der Waals surface area (Å²) in [4.78, 5) is 25.3. The molecule has 1 aliphatic rings. The number of carbonyl (C=O) groups is 2. The topological polar surface area (TPSA) is 85.3 Å². The van der Waals surface area contributed by atoms with Crippen molar-refractivity contribution in [2.75, 3.05) is 10.6 Å². The van der Waals surface area contributed by atoms with Gasteiger partial charge in [0.25, 0.3) is 11.8 Å². The Balaban J connectivity index is 1.24. The van der Waals surface area contributed by atoms with E-state index in [1.54, 1.807) is 41.2 Å². The summed E-state index contributed by atoms with van der Waals surface area (Å²) in [6.07, 6.45) is 1.71. The van der Waals surface area contributed by atoms with E-state index >= 15 is 0 Å². The molecule has 7 nitrogen and oxygen atoms in total. The summed E-state index contributed by atoms with van der Waals surface area (Å²) in [5, 5.41) is 10.0. The highest BCUT2D eigenvalue weighted by molar-refractivity contribution is 6.05. The number of hydrogen-bond donors (Lipinski definition) is 2. The maximum atomic E-state index is 12.7. The molecule has 2 amide bonds. The molecule has 0 spiro atoms. The minimum absolute atomic E-state index is 0.250. The van der Waals surface area contributed by atoms with Crippen molar-refractivity contribution in [2.24, 2.45) is 0 Å². The van der Waals surface area contributed by atoms with Gasteiger partial charge in [0.05, 0.1) is 5.69 Å². The van der Waals surface area contributed by atoms with Gasteiger partial charge in [-0.25, -0.2) is 4.68 Å². The van der Waals surface area contributed by atoms with Crippen LogP contribution in [0, 0.1) is 0 Å². The third-order valence-electron chi connectivity index (χ3n) is 5.18. The highest BCUT2D eigenvalue weighted by Crippen LogP contribution is 2.28. The number of benzene rings is 3. The van der Waals surface area contributed by atoms with Gasteiger partial charge in [-0.15, -0.1) is 0 Å². The predicted molar refractivity (Wildman–Crippen MR) is 121 cm³/mol. The van der Waals surface area contributed by atoms with Gasteiger partial charge in [0, 0.05) is 29.9 Å². The molecule has 0 bridgehead atoms. The quantitative estimate of drug-likeness (QED) is 0.506. The molecule has 3 aromatic carbocycles. The van der Waals surface area contributed by atoms with Gasteiger partial charge >= 0.3 is 0 Å². The van der Waals surface area contributed by atoms with Crippen molar-refractivity contribution >= 4 is 23.3 Å². The van der Waals surface area contributed by atoms with Crippen molar-refractivity contribution in [1.29, 1.82) is 0 Å². The SMILES string of the molecule is O=C(Nc1ccn(-c2ccccc2)n1)c1cccc(NC(=O)C2Cc3ccccc3O2)c1. The normalized spacial score (nSPS) is 14.3. The minimum atomic E-state index is -0.591. The van der Waals surface area contributed by atoms with Crippen LogP contribution in [0.15, 0.2) is 91.1 Å². The fourth-order valence-electron chi connectivity index (χ4n) is 3.59. The summed E-state index contributed by atoms with van der Waals surface area (Å²) in [5.41, 5.74) is 2.84. The summed E-state index contributed by atoms with van der Waals surface area (Å²) in [7, 11) is 0. The molecular formula is C25H20N4O3. The van der Waals surface area contributed by atoms with Gasteiger partial charge in [-0.05, 0) is 42.0 Å². The second-order valence-electron chi connectivity index (χ2n) is 7.42. The molecule has 1 aromatic heterocycles. The van der Waals surface area contributed by atoms with E-state index in [1.807, 2.05) is 54.6 Å². The second kappa shape index (κ2) is 8.39. The third-order valence-corrected chi connectivity index (χ3v) is 5.18. The summed E-state index contributed by atoms with van der Waals surface area (Å²) in [5.74, 6) is 0.602. The molecule has 1 unspecified atom stereocenters. The summed E-state index contributed by atoms with van der Waals surface area (Å²) in [6.45, 7) is 0. The van der Waals surface area contributed by atoms with Crippen LogP contribution in [-0.2, 0) is 11.2 Å². The molecule has 0 radical (unpaired) electrons. The van der Waals surface area contributed by atoms with E-state index in [0.717, 1.165) is 17.0 Å². The fourth-order valence-corrected chi connectivity index (χ4v) is 3.59. The first-order chi connectivity index (χ1) is 15.7. The van der Waals surface area contributed by atoms with Crippen molar-refractivity contribution < 1.29 is 14.3 Å². The molecule has 0 aliphatic carbocycles. The molecule has 158 valence electrons. The second-order valence-corrected chi connectivity index (χ2v) is 7.42. The molecule has 5 rings (SSSR count). The Morgan fingerprint density at radius 3 is 2.56 bits per heavy atom. The predicted octanol–water partition coefficient (Wildman–Crippen LogP) is 4.07. The number of rotatable bonds is 5. The molecule has 2 heterocycles. The van der Waals surface area contributed by atoms with E-state index in [-0.39, 0.29) is 11.8 Å². The van der Waals surface area contributed by atoms with E-state index < -0.39 is 6.10 Å². The lowest BCUT2D eigenvalue weighted by molar-refractivity contribution is -0.122. The van der Waals surface area contributed by atoms with Gasteiger partial charge in [0.1, 0.15) is 5.75 Å². The lowest BCUT2D eigenvalue weighted by Crippen LogP contribution is -2.31. The van der Waals surface area contributed by atoms with Gasteiger partial charge in [-0.3, -0.25) is 9.59 Å². The highest BCUT2D eigenvalue weighted by Gasteiger charge is 2.28. The van der Waals surface area contributed by atoms with Gasteiger partial charge in [0.15, 0.2) is 11.9 Å². The zero-order valence-electron chi connectivity index (χ0n) is 17.1. The van der Waals surface area contributed by atoms with E-state index in [9.17, 15) is 9.59 Å². The van der Waals surface area contributed by atoms with Gasteiger partial charge in [-0.1, -0.05) is 42.5 Å². The summed E-state index contributed by atoms with van der Waals surface area (Å²) < 4.78 is 7.42. The Bertz CT molecular complexity index is 1260. The van der Waals surface area contributed by atoms with Gasteiger partial charge in [-0.2, -0.15) is 5.10 Å². The monoisotopic (exact) mass is 424 g/mol. The van der Waals surface area contributed by atoms with Crippen molar-refractivity contribution in [2.45, 2.75) is 12.5 Å². The number of fused-ring (bicyclic) bond motifs is 1. The lowest BCUT2D eigenvalue weighted by Gasteiger charge is -2.12. The third kappa shape index (κ3) is 4.09. The molecule has 1 aliphatic heterocycles. The van der Waals surface area contributed by atoms with E-state index in [2.05, 4.69) is 15.7 Å². The van der Waals surface area contributed by atoms with Crippen LogP contribution in [0.2, 0.25) is 0 Å². The molecule has 0 saturated carbocycles. The van der Waals surface area contributed by atoms with Crippen LogP contribution in [0.3, 0.4) is 0 Å². The number of ether oxygens (including phenoxy) is 1. The first-order valence-electron chi connectivity index (χ1n) is 10.2. The molecule has 0 saturated heterocycles. The van der Waals surface area contributed by atoms with Crippen LogP contribution in [0.5, 0.6) is 5.75 Å². The fraction of sp³-hybridized carbons (Fsp3) is 0.0800. The van der Waals surface area contributed by atoms with E-state index in [1.165, 1.54) is 0 Å². The Labute approximate surface area is 184 Å². The number of para-hydroxylation sites is 2. The first kappa shape index (κ1) is 19.6. The Morgan fingerprint density at radius 1 is 0.906 bits per heavy atom. The molecular weight excluding hydrogens is 404 g/mol. The smallest absolute Gasteiger partial charge is 0.265 e. The van der Waals surface area contributed by atoms with Crippen LogP contribution in [0.1, 0.15) is 15.9 Å². The first-order valence-corrected chi connectivity index (χ1v) is 10.2. The molecule has 32 heavy (non-hydrogen) atoms. The van der Waals surface area contributed by atoms with Crippen LogP contribution in [0.25, 0.3) is 5.69 Å². The molecule has 4 aromatic rings. The highest BCUT2D eigenvalue weighted by atomic mass is 16.5. The Morgan fingerprint density at radius 2 is 1.72 bits per heavy atom. The van der Waals surface area contributed by atoms with Crippen LogP contribution in [-0.4, -0.2) is 27.7 Å². The van der Waals surface area contributed by atoms with Crippen LogP contribution >= 0.6 is 0 Å². The average Bonchev–Trinajstić information content (AvgIpc) is 3.47. The summed E-state index contributed by atoms with van der Waals surface area (Å²) >= 11 is 0. The van der Waals surface area contributed by atoms with Crippen molar-refractivity contribution in [1.82, 2.24) is 9.78 Å². The molecule has 0 fully saturated rings. The van der Waals surface area contributed by atoms with Crippen LogP contribution in [0.4, 0.5) is 11.5 Å². The zero-order valence-corrected chi connectivity index (χ0v) is 17.1. The number of anilines is 2. The maximum Gasteiger partial charge on any atom is 0.265 e. The van der Waals surface area contributed by atoms with Crippen molar-refractivity contribution in [3.05, 3.63) is 102 Å². The lowest BCUT2D eigenvalue weighted by atomic mass is 10.1. The molecule has 7 heteroatoms. The largest absolute Gasteiger partial charge is 0.480 e. The maximum absolute atomic E-state index is 12.7. The standard InChI is InChI=1S/C25H20N4O3/c30-24(27-23-13-14-29(28-23)20-10-2-1-3-11-20)18-8-6-9-19(15-18)26-25(31)22-16-17-7-4-5-12-21(17)32-22/h1-15,22H,16H2,(H,26,31)(H,27,28,30). The summed E-state index contributed by atoms with van der Waals surface area (Å²) in [6, 6.07) is 25.7.